The molecule has 2 unspecified atom stereocenters. The van der Waals surface area contributed by atoms with Gasteiger partial charge in [-0.3, -0.25) is 4.90 Å². The number of morpholine rings is 1. The molecule has 0 radical (unpaired) electrons. The number of hydrogen-bond acceptors (Lipinski definition) is 4. The van der Waals surface area contributed by atoms with Crippen molar-refractivity contribution in [2.75, 3.05) is 38.5 Å². The van der Waals surface area contributed by atoms with E-state index >= 15 is 0 Å². The monoisotopic (exact) mass is 292 g/mol. The summed E-state index contributed by atoms with van der Waals surface area (Å²) >= 11 is 1.91. The van der Waals surface area contributed by atoms with E-state index in [4.69, 9.17) is 4.74 Å². The highest BCUT2D eigenvalue weighted by Crippen LogP contribution is 2.22. The molecule has 4 heteroatoms. The van der Waals surface area contributed by atoms with Gasteiger partial charge in [-0.15, -0.1) is 11.8 Å². The first-order valence-electron chi connectivity index (χ1n) is 7.66. The van der Waals surface area contributed by atoms with Gasteiger partial charge in [0, 0.05) is 36.3 Å². The predicted molar refractivity (Wildman–Crippen MR) is 84.4 cm³/mol. The Labute approximate surface area is 126 Å². The van der Waals surface area contributed by atoms with Crippen molar-refractivity contribution in [3.8, 4) is 0 Å². The molecule has 3 nitrogen and oxygen atoms in total. The molecule has 0 amide bonds. The number of rotatable bonds is 6. The maximum atomic E-state index is 5.95. The molecule has 0 bridgehead atoms. The fraction of sp³-hybridized carbons (Fsp3) is 0.625. The third kappa shape index (κ3) is 3.98. The van der Waals surface area contributed by atoms with Crippen LogP contribution >= 0.6 is 11.8 Å². The Morgan fingerprint density at radius 3 is 3.10 bits per heavy atom. The Bertz CT molecular complexity index is 401. The van der Waals surface area contributed by atoms with Crippen molar-refractivity contribution < 1.29 is 4.74 Å². The lowest BCUT2D eigenvalue weighted by molar-refractivity contribution is -0.0466. The SMILES string of the molecule is c1ccc(SCCNCC2CN3CCCC3CO2)cc1. The Hall–Kier alpha value is -0.550. The zero-order valence-electron chi connectivity index (χ0n) is 12.0. The number of nitrogens with zero attached hydrogens (tertiary/aromatic N) is 1. The van der Waals surface area contributed by atoms with E-state index in [2.05, 4.69) is 40.5 Å². The maximum absolute atomic E-state index is 5.95. The van der Waals surface area contributed by atoms with Crippen LogP contribution in [0.5, 0.6) is 0 Å². The minimum absolute atomic E-state index is 0.381. The fourth-order valence-electron chi connectivity index (χ4n) is 3.03. The van der Waals surface area contributed by atoms with Crippen LogP contribution in [0.25, 0.3) is 0 Å². The lowest BCUT2D eigenvalue weighted by Crippen LogP contribution is -2.49. The first-order valence-corrected chi connectivity index (χ1v) is 8.64. The second-order valence-electron chi connectivity index (χ2n) is 5.61. The highest BCUT2D eigenvalue weighted by Gasteiger charge is 2.31. The van der Waals surface area contributed by atoms with E-state index in [1.807, 2.05) is 11.8 Å². The summed E-state index contributed by atoms with van der Waals surface area (Å²) in [6.45, 7) is 5.35. The standard InChI is InChI=1S/C16H24N2OS/c1-2-6-16(7-3-1)20-10-8-17-11-15-12-18-9-4-5-14(18)13-19-15/h1-3,6-7,14-15,17H,4-5,8-13H2. The smallest absolute Gasteiger partial charge is 0.0826 e. The van der Waals surface area contributed by atoms with Crippen LogP contribution in [0.1, 0.15) is 12.8 Å². The highest BCUT2D eigenvalue weighted by molar-refractivity contribution is 7.99. The van der Waals surface area contributed by atoms with Crippen LogP contribution in [0, 0.1) is 0 Å². The third-order valence-electron chi connectivity index (χ3n) is 4.12. The molecule has 3 rings (SSSR count). The number of ether oxygens (including phenoxy) is 1. The van der Waals surface area contributed by atoms with Gasteiger partial charge in [-0.25, -0.2) is 0 Å². The summed E-state index contributed by atoms with van der Waals surface area (Å²) in [7, 11) is 0. The minimum Gasteiger partial charge on any atom is -0.374 e. The van der Waals surface area contributed by atoms with Crippen LogP contribution in [0.4, 0.5) is 0 Å². The van der Waals surface area contributed by atoms with Crippen molar-refractivity contribution in [1.29, 1.82) is 0 Å². The van der Waals surface area contributed by atoms with E-state index in [-0.39, 0.29) is 0 Å². The van der Waals surface area contributed by atoms with Gasteiger partial charge in [-0.05, 0) is 31.5 Å². The van der Waals surface area contributed by atoms with Gasteiger partial charge in [-0.2, -0.15) is 0 Å². The molecule has 1 N–H and O–H groups in total. The van der Waals surface area contributed by atoms with E-state index in [0.29, 0.717) is 12.1 Å². The van der Waals surface area contributed by atoms with Gasteiger partial charge < -0.3 is 10.1 Å². The van der Waals surface area contributed by atoms with Crippen LogP contribution in [-0.4, -0.2) is 55.6 Å². The quantitative estimate of drug-likeness (QED) is 0.642. The zero-order valence-corrected chi connectivity index (χ0v) is 12.8. The summed E-state index contributed by atoms with van der Waals surface area (Å²) in [6.07, 6.45) is 3.06. The van der Waals surface area contributed by atoms with Crippen molar-refractivity contribution in [3.63, 3.8) is 0 Å². The summed E-state index contributed by atoms with van der Waals surface area (Å²) in [5, 5.41) is 3.53. The van der Waals surface area contributed by atoms with Crippen molar-refractivity contribution in [3.05, 3.63) is 30.3 Å². The van der Waals surface area contributed by atoms with Crippen molar-refractivity contribution in [1.82, 2.24) is 10.2 Å². The normalized spacial score (nSPS) is 26.6. The molecule has 1 aromatic carbocycles. The van der Waals surface area contributed by atoms with Crippen LogP contribution in [0.15, 0.2) is 35.2 Å². The predicted octanol–water partition coefficient (Wildman–Crippen LogP) is 2.23. The van der Waals surface area contributed by atoms with E-state index in [0.717, 1.165) is 32.0 Å². The summed E-state index contributed by atoms with van der Waals surface area (Å²) < 4.78 is 5.95. The molecule has 2 saturated heterocycles. The molecular weight excluding hydrogens is 268 g/mol. The van der Waals surface area contributed by atoms with Gasteiger partial charge in [-0.1, -0.05) is 18.2 Å². The van der Waals surface area contributed by atoms with Gasteiger partial charge in [0.15, 0.2) is 0 Å². The topological polar surface area (TPSA) is 24.5 Å². The van der Waals surface area contributed by atoms with Crippen LogP contribution in [0.3, 0.4) is 0 Å². The van der Waals surface area contributed by atoms with Crippen LogP contribution < -0.4 is 5.32 Å². The van der Waals surface area contributed by atoms with Gasteiger partial charge in [0.1, 0.15) is 0 Å². The fourth-order valence-corrected chi connectivity index (χ4v) is 3.86. The molecule has 1 aromatic rings. The van der Waals surface area contributed by atoms with Crippen molar-refractivity contribution >= 4 is 11.8 Å². The number of hydrogen-bond donors (Lipinski definition) is 1. The van der Waals surface area contributed by atoms with Gasteiger partial charge >= 0.3 is 0 Å². The molecule has 2 heterocycles. The Morgan fingerprint density at radius 1 is 1.30 bits per heavy atom. The minimum atomic E-state index is 0.381. The summed E-state index contributed by atoms with van der Waals surface area (Å²) in [5.41, 5.74) is 0. The van der Waals surface area contributed by atoms with Crippen molar-refractivity contribution in [2.45, 2.75) is 29.9 Å². The molecule has 2 fully saturated rings. The lowest BCUT2D eigenvalue weighted by Gasteiger charge is -2.35. The van der Waals surface area contributed by atoms with E-state index in [9.17, 15) is 0 Å². The second kappa shape index (κ2) is 7.46. The average molecular weight is 292 g/mol. The third-order valence-corrected chi connectivity index (χ3v) is 5.14. The molecular formula is C16H24N2OS. The molecule has 0 saturated carbocycles. The first-order chi connectivity index (χ1) is 9.92. The lowest BCUT2D eigenvalue weighted by atomic mass is 10.2. The average Bonchev–Trinajstić information content (AvgIpc) is 2.95. The van der Waals surface area contributed by atoms with E-state index in [1.165, 1.54) is 24.3 Å². The molecule has 110 valence electrons. The molecule has 2 aliphatic heterocycles. The van der Waals surface area contributed by atoms with Crippen molar-refractivity contribution in [2.24, 2.45) is 0 Å². The first kappa shape index (κ1) is 14.4. The number of thioether (sulfide) groups is 1. The maximum Gasteiger partial charge on any atom is 0.0826 e. The molecule has 0 aromatic heterocycles. The van der Waals surface area contributed by atoms with Gasteiger partial charge in [0.05, 0.1) is 12.7 Å². The molecule has 0 spiro atoms. The summed E-state index contributed by atoms with van der Waals surface area (Å²) in [5.74, 6) is 1.11. The van der Waals surface area contributed by atoms with Crippen LogP contribution in [0.2, 0.25) is 0 Å². The Morgan fingerprint density at radius 2 is 2.20 bits per heavy atom. The molecule has 2 atom stereocenters. The van der Waals surface area contributed by atoms with Gasteiger partial charge in [0.2, 0.25) is 0 Å². The molecule has 20 heavy (non-hydrogen) atoms. The molecule has 0 aliphatic carbocycles. The van der Waals surface area contributed by atoms with E-state index < -0.39 is 0 Å². The molecule has 2 aliphatic rings. The van der Waals surface area contributed by atoms with E-state index in [1.54, 1.807) is 0 Å². The Kier molecular flexibility index (Phi) is 5.36. The number of fused-ring (bicyclic) bond motifs is 1. The van der Waals surface area contributed by atoms with Crippen LogP contribution in [-0.2, 0) is 4.74 Å². The zero-order chi connectivity index (χ0) is 13.6. The summed E-state index contributed by atoms with van der Waals surface area (Å²) in [4.78, 5) is 3.96. The largest absolute Gasteiger partial charge is 0.374 e. The number of benzene rings is 1. The number of nitrogens with one attached hydrogen (secondary N) is 1. The second-order valence-corrected chi connectivity index (χ2v) is 6.78. The van der Waals surface area contributed by atoms with Gasteiger partial charge in [0.25, 0.3) is 0 Å². The highest BCUT2D eigenvalue weighted by atomic mass is 32.2. The summed E-state index contributed by atoms with van der Waals surface area (Å²) in [6, 6.07) is 11.3. The Balaban J connectivity index is 1.28.